The van der Waals surface area contributed by atoms with Gasteiger partial charge in [0.2, 0.25) is 0 Å². The van der Waals surface area contributed by atoms with Gasteiger partial charge in [-0.3, -0.25) is 10.1 Å². The second-order valence-electron chi connectivity index (χ2n) is 9.72. The molecule has 1 aliphatic rings. The number of ether oxygens (including phenoxy) is 1. The van der Waals surface area contributed by atoms with E-state index in [9.17, 15) is 14.9 Å². The predicted molar refractivity (Wildman–Crippen MR) is 135 cm³/mol. The summed E-state index contributed by atoms with van der Waals surface area (Å²) < 4.78 is 5.47. The van der Waals surface area contributed by atoms with Crippen molar-refractivity contribution in [1.82, 2.24) is 4.90 Å². The number of hydrogen-bond donors (Lipinski definition) is 1. The Morgan fingerprint density at radius 3 is 2.41 bits per heavy atom. The van der Waals surface area contributed by atoms with Crippen LogP contribution in [0.25, 0.3) is 0 Å². The summed E-state index contributed by atoms with van der Waals surface area (Å²) in [5.41, 5.74) is 1.82. The number of amides is 1. The number of carbonyl (C=O) groups excluding carboxylic acids is 1. The molecule has 2 aromatic rings. The molecule has 1 fully saturated rings. The van der Waals surface area contributed by atoms with Gasteiger partial charge in [-0.2, -0.15) is 0 Å². The highest BCUT2D eigenvalue weighted by molar-refractivity contribution is 5.77. The third kappa shape index (κ3) is 6.85. The molecular formula is C26H36N4O4. The van der Waals surface area contributed by atoms with Crippen LogP contribution in [0.5, 0.6) is 0 Å². The summed E-state index contributed by atoms with van der Waals surface area (Å²) in [7, 11) is 0. The lowest BCUT2D eigenvalue weighted by molar-refractivity contribution is -0.383. The van der Waals surface area contributed by atoms with Crippen molar-refractivity contribution in [2.24, 2.45) is 0 Å². The molecule has 1 N–H and O–H groups in total. The molecule has 1 heterocycles. The second-order valence-corrected chi connectivity index (χ2v) is 9.72. The van der Waals surface area contributed by atoms with E-state index in [1.165, 1.54) is 0 Å². The SMILES string of the molecule is CCCN(Cc1ccccc1)c1cccc(NC2CCN(C(=O)OC(C)(C)C)CC2)c1[N+](=O)[O-]. The number of nitro groups is 1. The van der Waals surface area contributed by atoms with Gasteiger partial charge in [0.05, 0.1) is 4.92 Å². The number of nitrogens with zero attached hydrogens (tertiary/aromatic N) is 3. The van der Waals surface area contributed by atoms with Crippen molar-refractivity contribution in [3.8, 4) is 0 Å². The van der Waals surface area contributed by atoms with Crippen molar-refractivity contribution < 1.29 is 14.5 Å². The minimum atomic E-state index is -0.530. The Labute approximate surface area is 202 Å². The molecule has 0 bridgehead atoms. The van der Waals surface area contributed by atoms with Crippen LogP contribution in [-0.4, -0.2) is 47.2 Å². The van der Waals surface area contributed by atoms with Gasteiger partial charge in [0.15, 0.2) is 0 Å². The van der Waals surface area contributed by atoms with E-state index in [4.69, 9.17) is 4.74 Å². The standard InChI is InChI=1S/C26H36N4O4/c1-5-16-29(19-20-10-7-6-8-11-20)23-13-9-12-22(24(23)30(32)33)27-21-14-17-28(18-15-21)25(31)34-26(2,3)4/h6-13,21,27H,5,14-19H2,1-4H3. The number of piperidine rings is 1. The molecule has 8 nitrogen and oxygen atoms in total. The first-order valence-electron chi connectivity index (χ1n) is 12.0. The van der Waals surface area contributed by atoms with Crippen LogP contribution in [0.4, 0.5) is 21.9 Å². The van der Waals surface area contributed by atoms with Gasteiger partial charge >= 0.3 is 11.8 Å². The van der Waals surface area contributed by atoms with Gasteiger partial charge in [0.25, 0.3) is 0 Å². The highest BCUT2D eigenvalue weighted by Gasteiger charge is 2.29. The second kappa shape index (κ2) is 11.2. The van der Waals surface area contributed by atoms with Crippen molar-refractivity contribution in [3.63, 3.8) is 0 Å². The Morgan fingerprint density at radius 1 is 1.15 bits per heavy atom. The number of anilines is 2. The number of hydrogen-bond acceptors (Lipinski definition) is 6. The molecule has 0 saturated carbocycles. The molecule has 8 heteroatoms. The van der Waals surface area contributed by atoms with Gasteiger partial charge in [0, 0.05) is 32.2 Å². The molecule has 2 aromatic carbocycles. The zero-order valence-corrected chi connectivity index (χ0v) is 20.6. The number of benzene rings is 2. The first kappa shape index (κ1) is 25.3. The van der Waals surface area contributed by atoms with E-state index in [-0.39, 0.29) is 22.7 Å². The Kier molecular flexibility index (Phi) is 8.36. The number of rotatable bonds is 8. The molecule has 1 saturated heterocycles. The maximum Gasteiger partial charge on any atom is 0.410 e. The minimum absolute atomic E-state index is 0.0429. The lowest BCUT2D eigenvalue weighted by Crippen LogP contribution is -2.44. The number of nitrogens with one attached hydrogen (secondary N) is 1. The molecule has 34 heavy (non-hydrogen) atoms. The van der Waals surface area contributed by atoms with Crippen LogP contribution in [-0.2, 0) is 11.3 Å². The smallest absolute Gasteiger partial charge is 0.410 e. The fourth-order valence-electron chi connectivity index (χ4n) is 4.21. The van der Waals surface area contributed by atoms with E-state index in [2.05, 4.69) is 17.1 Å². The number of carbonyl (C=O) groups is 1. The van der Waals surface area contributed by atoms with Gasteiger partial charge in [-0.25, -0.2) is 4.79 Å². The third-order valence-electron chi connectivity index (χ3n) is 5.75. The van der Waals surface area contributed by atoms with E-state index >= 15 is 0 Å². The van der Waals surface area contributed by atoms with Crippen LogP contribution in [0.1, 0.15) is 52.5 Å². The van der Waals surface area contributed by atoms with Gasteiger partial charge in [-0.1, -0.05) is 43.3 Å². The number of nitro benzene ring substituents is 1. The molecule has 1 amide bonds. The van der Waals surface area contributed by atoms with Crippen molar-refractivity contribution in [2.75, 3.05) is 29.9 Å². The summed E-state index contributed by atoms with van der Waals surface area (Å²) >= 11 is 0. The summed E-state index contributed by atoms with van der Waals surface area (Å²) in [6.07, 6.45) is 1.97. The Morgan fingerprint density at radius 2 is 1.82 bits per heavy atom. The molecule has 0 spiro atoms. The maximum atomic E-state index is 12.3. The fraction of sp³-hybridized carbons (Fsp3) is 0.500. The van der Waals surface area contributed by atoms with Crippen LogP contribution in [0.3, 0.4) is 0 Å². The maximum absolute atomic E-state index is 12.3. The van der Waals surface area contributed by atoms with Crippen molar-refractivity contribution >= 4 is 23.2 Å². The van der Waals surface area contributed by atoms with Crippen LogP contribution >= 0.6 is 0 Å². The van der Waals surface area contributed by atoms with Crippen LogP contribution in [0.15, 0.2) is 48.5 Å². The fourth-order valence-corrected chi connectivity index (χ4v) is 4.21. The first-order valence-corrected chi connectivity index (χ1v) is 12.0. The molecular weight excluding hydrogens is 432 g/mol. The molecule has 0 unspecified atom stereocenters. The van der Waals surface area contributed by atoms with Gasteiger partial charge in [-0.05, 0) is 57.7 Å². The van der Waals surface area contributed by atoms with Crippen molar-refractivity contribution in [1.29, 1.82) is 0 Å². The quantitative estimate of drug-likeness (QED) is 0.388. The summed E-state index contributed by atoms with van der Waals surface area (Å²) in [5, 5.41) is 15.6. The Balaban J connectivity index is 1.75. The molecule has 3 rings (SSSR count). The number of likely N-dealkylation sites (tertiary alicyclic amines) is 1. The zero-order valence-electron chi connectivity index (χ0n) is 20.6. The highest BCUT2D eigenvalue weighted by Crippen LogP contribution is 2.37. The lowest BCUT2D eigenvalue weighted by atomic mass is 10.0. The molecule has 0 radical (unpaired) electrons. The van der Waals surface area contributed by atoms with Crippen molar-refractivity contribution in [3.05, 3.63) is 64.2 Å². The zero-order chi connectivity index (χ0) is 24.7. The first-order chi connectivity index (χ1) is 16.2. The summed E-state index contributed by atoms with van der Waals surface area (Å²) in [6.45, 7) is 10.1. The topological polar surface area (TPSA) is 88.0 Å². The van der Waals surface area contributed by atoms with E-state index in [1.54, 1.807) is 11.0 Å². The largest absolute Gasteiger partial charge is 0.444 e. The molecule has 184 valence electrons. The normalized spacial score (nSPS) is 14.5. The van der Waals surface area contributed by atoms with Crippen LogP contribution < -0.4 is 10.2 Å². The predicted octanol–water partition coefficient (Wildman–Crippen LogP) is 5.82. The van der Waals surface area contributed by atoms with E-state index in [0.717, 1.165) is 12.0 Å². The lowest BCUT2D eigenvalue weighted by Gasteiger charge is -2.34. The summed E-state index contributed by atoms with van der Waals surface area (Å²) in [4.78, 5) is 28.0. The van der Waals surface area contributed by atoms with E-state index in [1.807, 2.05) is 63.2 Å². The van der Waals surface area contributed by atoms with Crippen LogP contribution in [0, 0.1) is 10.1 Å². The highest BCUT2D eigenvalue weighted by atomic mass is 16.6. The minimum Gasteiger partial charge on any atom is -0.444 e. The van der Waals surface area contributed by atoms with Crippen molar-refractivity contribution in [2.45, 2.75) is 65.1 Å². The molecule has 0 aromatic heterocycles. The summed E-state index contributed by atoms with van der Waals surface area (Å²) in [6, 6.07) is 15.5. The average molecular weight is 469 g/mol. The molecule has 0 atom stereocenters. The number of para-hydroxylation sites is 1. The van der Waals surface area contributed by atoms with E-state index in [0.29, 0.717) is 50.4 Å². The van der Waals surface area contributed by atoms with Gasteiger partial charge in [-0.15, -0.1) is 0 Å². The van der Waals surface area contributed by atoms with Gasteiger partial charge < -0.3 is 19.9 Å². The molecule has 0 aliphatic carbocycles. The summed E-state index contributed by atoms with van der Waals surface area (Å²) in [5.74, 6) is 0. The van der Waals surface area contributed by atoms with Gasteiger partial charge in [0.1, 0.15) is 17.0 Å². The monoisotopic (exact) mass is 468 g/mol. The Bertz CT molecular complexity index is 967. The van der Waals surface area contributed by atoms with E-state index < -0.39 is 5.60 Å². The Hall–Kier alpha value is -3.29. The molecule has 1 aliphatic heterocycles. The average Bonchev–Trinajstić information content (AvgIpc) is 2.78. The van der Waals surface area contributed by atoms with Crippen LogP contribution in [0.2, 0.25) is 0 Å². The third-order valence-corrected chi connectivity index (χ3v) is 5.75.